The summed E-state index contributed by atoms with van der Waals surface area (Å²) < 4.78 is 13.7. The van der Waals surface area contributed by atoms with Crippen LogP contribution in [0.4, 0.5) is 15.8 Å². The lowest BCUT2D eigenvalue weighted by molar-refractivity contribution is 0.626. The fraction of sp³-hybridized carbons (Fsp3) is 0.0714. The van der Waals surface area contributed by atoms with Crippen molar-refractivity contribution in [1.29, 1.82) is 0 Å². The number of benzene rings is 2. The van der Waals surface area contributed by atoms with Gasteiger partial charge in [0, 0.05) is 16.9 Å². The molecule has 3 N–H and O–H groups in total. The molecular weight excluding hydrogens is 247 g/mol. The van der Waals surface area contributed by atoms with Gasteiger partial charge in [0.2, 0.25) is 0 Å². The first-order valence-corrected chi connectivity index (χ1v) is 5.90. The van der Waals surface area contributed by atoms with Crippen LogP contribution in [0.3, 0.4) is 0 Å². The zero-order chi connectivity index (χ0) is 13.1. The molecule has 2 rings (SSSR count). The molecule has 0 heterocycles. The standard InChI is InChI=1S/C14H13FN2S/c1-9-2-4-10(5-3-9)17-11-6-7-12(14(16)18)13(15)8-11/h2-8,17H,1H3,(H2,16,18). The predicted octanol–water partition coefficient (Wildman–Crippen LogP) is 3.51. The molecule has 2 aromatic carbocycles. The number of hydrogen-bond donors (Lipinski definition) is 2. The van der Waals surface area contributed by atoms with Crippen molar-refractivity contribution in [2.75, 3.05) is 5.32 Å². The quantitative estimate of drug-likeness (QED) is 0.829. The lowest BCUT2D eigenvalue weighted by Gasteiger charge is -2.08. The molecule has 0 amide bonds. The van der Waals surface area contributed by atoms with E-state index in [2.05, 4.69) is 5.32 Å². The highest BCUT2D eigenvalue weighted by atomic mass is 32.1. The SMILES string of the molecule is Cc1ccc(Nc2ccc(C(N)=S)c(F)c2)cc1. The first-order valence-electron chi connectivity index (χ1n) is 5.49. The van der Waals surface area contributed by atoms with Gasteiger partial charge in [-0.05, 0) is 37.3 Å². The fourth-order valence-electron chi connectivity index (χ4n) is 1.60. The average molecular weight is 260 g/mol. The predicted molar refractivity (Wildman–Crippen MR) is 76.7 cm³/mol. The van der Waals surface area contributed by atoms with E-state index >= 15 is 0 Å². The van der Waals surface area contributed by atoms with Crippen molar-refractivity contribution in [3.63, 3.8) is 0 Å². The molecule has 2 nitrogen and oxygen atoms in total. The first kappa shape index (κ1) is 12.5. The minimum absolute atomic E-state index is 0.0642. The molecule has 0 radical (unpaired) electrons. The van der Waals surface area contributed by atoms with Crippen LogP contribution in [0.5, 0.6) is 0 Å². The Hall–Kier alpha value is -1.94. The molecule has 0 spiro atoms. The summed E-state index contributed by atoms with van der Waals surface area (Å²) in [6.07, 6.45) is 0. The molecule has 0 unspecified atom stereocenters. The van der Waals surface area contributed by atoms with E-state index in [1.807, 2.05) is 31.2 Å². The van der Waals surface area contributed by atoms with Gasteiger partial charge in [0.15, 0.2) is 0 Å². The van der Waals surface area contributed by atoms with Gasteiger partial charge in [-0.1, -0.05) is 29.9 Å². The van der Waals surface area contributed by atoms with Crippen LogP contribution in [0.2, 0.25) is 0 Å². The second kappa shape index (κ2) is 5.14. The van der Waals surface area contributed by atoms with E-state index in [0.29, 0.717) is 5.69 Å². The number of aryl methyl sites for hydroxylation is 1. The van der Waals surface area contributed by atoms with Gasteiger partial charge in [-0.15, -0.1) is 0 Å². The summed E-state index contributed by atoms with van der Waals surface area (Å²) in [6.45, 7) is 2.01. The third-order valence-electron chi connectivity index (χ3n) is 2.57. The van der Waals surface area contributed by atoms with Crippen LogP contribution in [0.1, 0.15) is 11.1 Å². The highest BCUT2D eigenvalue weighted by Crippen LogP contribution is 2.19. The van der Waals surface area contributed by atoms with Gasteiger partial charge in [0.1, 0.15) is 10.8 Å². The Morgan fingerprint density at radius 1 is 1.11 bits per heavy atom. The monoisotopic (exact) mass is 260 g/mol. The lowest BCUT2D eigenvalue weighted by Crippen LogP contribution is -2.11. The molecule has 0 bridgehead atoms. The van der Waals surface area contributed by atoms with Crippen molar-refractivity contribution in [2.24, 2.45) is 5.73 Å². The van der Waals surface area contributed by atoms with Crippen molar-refractivity contribution in [3.05, 3.63) is 59.4 Å². The minimum Gasteiger partial charge on any atom is -0.389 e. The Bertz CT molecular complexity index is 579. The van der Waals surface area contributed by atoms with Gasteiger partial charge in [-0.3, -0.25) is 0 Å². The van der Waals surface area contributed by atoms with Crippen molar-refractivity contribution in [2.45, 2.75) is 6.92 Å². The number of hydrogen-bond acceptors (Lipinski definition) is 2. The van der Waals surface area contributed by atoms with E-state index in [9.17, 15) is 4.39 Å². The largest absolute Gasteiger partial charge is 0.389 e. The second-order valence-electron chi connectivity index (χ2n) is 4.05. The maximum Gasteiger partial charge on any atom is 0.135 e. The van der Waals surface area contributed by atoms with E-state index in [4.69, 9.17) is 18.0 Å². The number of halogens is 1. The highest BCUT2D eigenvalue weighted by molar-refractivity contribution is 7.80. The Morgan fingerprint density at radius 3 is 2.28 bits per heavy atom. The molecule has 4 heteroatoms. The summed E-state index contributed by atoms with van der Waals surface area (Å²) in [7, 11) is 0. The number of rotatable bonds is 3. The van der Waals surface area contributed by atoms with Crippen LogP contribution in [-0.4, -0.2) is 4.99 Å². The Labute approximate surface area is 111 Å². The van der Waals surface area contributed by atoms with Gasteiger partial charge in [-0.25, -0.2) is 4.39 Å². The Kier molecular flexibility index (Phi) is 3.58. The minimum atomic E-state index is -0.417. The van der Waals surface area contributed by atoms with Gasteiger partial charge < -0.3 is 11.1 Å². The zero-order valence-electron chi connectivity index (χ0n) is 9.91. The summed E-state index contributed by atoms with van der Waals surface area (Å²) in [5.74, 6) is -0.417. The van der Waals surface area contributed by atoms with Gasteiger partial charge in [0.05, 0.1) is 0 Å². The van der Waals surface area contributed by atoms with Crippen molar-refractivity contribution in [3.8, 4) is 0 Å². The molecule has 18 heavy (non-hydrogen) atoms. The maximum absolute atomic E-state index is 13.7. The number of nitrogens with two attached hydrogens (primary N) is 1. The molecule has 0 atom stereocenters. The summed E-state index contributed by atoms with van der Waals surface area (Å²) in [6, 6.07) is 12.6. The van der Waals surface area contributed by atoms with Crippen LogP contribution >= 0.6 is 12.2 Å². The molecular formula is C14H13FN2S. The zero-order valence-corrected chi connectivity index (χ0v) is 10.7. The van der Waals surface area contributed by atoms with Crippen molar-refractivity contribution in [1.82, 2.24) is 0 Å². The topological polar surface area (TPSA) is 38.0 Å². The van der Waals surface area contributed by atoms with Gasteiger partial charge >= 0.3 is 0 Å². The van der Waals surface area contributed by atoms with Gasteiger partial charge in [-0.2, -0.15) is 0 Å². The van der Waals surface area contributed by atoms with Crippen LogP contribution in [0.15, 0.2) is 42.5 Å². The third-order valence-corrected chi connectivity index (χ3v) is 2.79. The highest BCUT2D eigenvalue weighted by Gasteiger charge is 2.05. The van der Waals surface area contributed by atoms with Crippen LogP contribution in [-0.2, 0) is 0 Å². The summed E-state index contributed by atoms with van der Waals surface area (Å²) in [4.78, 5) is 0.0642. The summed E-state index contributed by atoms with van der Waals surface area (Å²) in [5.41, 5.74) is 8.41. The van der Waals surface area contributed by atoms with Crippen molar-refractivity contribution >= 4 is 28.6 Å². The normalized spacial score (nSPS) is 10.1. The number of anilines is 2. The smallest absolute Gasteiger partial charge is 0.135 e. The Morgan fingerprint density at radius 2 is 1.72 bits per heavy atom. The summed E-state index contributed by atoms with van der Waals surface area (Å²) >= 11 is 4.75. The third kappa shape index (κ3) is 2.84. The lowest BCUT2D eigenvalue weighted by atomic mass is 10.1. The molecule has 0 saturated heterocycles. The molecule has 2 aromatic rings. The Balaban J connectivity index is 2.22. The number of nitrogens with one attached hydrogen (secondary N) is 1. The summed E-state index contributed by atoms with van der Waals surface area (Å²) in [5, 5.41) is 3.11. The van der Waals surface area contributed by atoms with Crippen LogP contribution in [0, 0.1) is 12.7 Å². The van der Waals surface area contributed by atoms with Gasteiger partial charge in [0.25, 0.3) is 0 Å². The molecule has 0 aliphatic heterocycles. The molecule has 0 saturated carbocycles. The number of thiocarbonyl (C=S) groups is 1. The molecule has 92 valence electrons. The molecule has 0 aliphatic carbocycles. The van der Waals surface area contributed by atoms with Crippen molar-refractivity contribution < 1.29 is 4.39 Å². The van der Waals surface area contributed by atoms with E-state index in [1.165, 1.54) is 11.6 Å². The van der Waals surface area contributed by atoms with E-state index in [0.717, 1.165) is 5.69 Å². The fourth-order valence-corrected chi connectivity index (χ4v) is 1.76. The van der Waals surface area contributed by atoms with E-state index < -0.39 is 5.82 Å². The molecule has 0 aliphatic rings. The molecule has 0 fully saturated rings. The van der Waals surface area contributed by atoms with Crippen LogP contribution in [0.25, 0.3) is 0 Å². The maximum atomic E-state index is 13.7. The molecule has 0 aromatic heterocycles. The first-order chi connectivity index (χ1) is 8.56. The second-order valence-corrected chi connectivity index (χ2v) is 4.49. The average Bonchev–Trinajstić information content (AvgIpc) is 2.32. The van der Waals surface area contributed by atoms with E-state index in [-0.39, 0.29) is 10.6 Å². The van der Waals surface area contributed by atoms with Crippen LogP contribution < -0.4 is 11.1 Å². The van der Waals surface area contributed by atoms with E-state index in [1.54, 1.807) is 12.1 Å².